The van der Waals surface area contributed by atoms with Crippen LogP contribution in [0.15, 0.2) is 67.3 Å². The Balaban J connectivity index is 1.26. The lowest BCUT2D eigenvalue weighted by Gasteiger charge is -2.26. The Hall–Kier alpha value is -4.50. The predicted molar refractivity (Wildman–Crippen MR) is 145 cm³/mol. The first-order valence-corrected chi connectivity index (χ1v) is 12.8. The smallest absolute Gasteiger partial charge is 0.161 e. The second-order valence-electron chi connectivity index (χ2n) is 9.73. The lowest BCUT2D eigenvalue weighted by atomic mass is 10.1. The van der Waals surface area contributed by atoms with Crippen LogP contribution in [-0.4, -0.2) is 53.1 Å². The van der Waals surface area contributed by atoms with Crippen LogP contribution < -0.4 is 0 Å². The van der Waals surface area contributed by atoms with Gasteiger partial charge in [-0.2, -0.15) is 5.10 Å². The molecule has 0 saturated carbocycles. The highest BCUT2D eigenvalue weighted by molar-refractivity contribution is 5.95. The van der Waals surface area contributed by atoms with Gasteiger partial charge in [-0.05, 0) is 55.8 Å². The van der Waals surface area contributed by atoms with Crippen molar-refractivity contribution < 1.29 is 4.39 Å². The monoisotopic (exact) mass is 504 g/mol. The van der Waals surface area contributed by atoms with Gasteiger partial charge in [0.05, 0.1) is 22.9 Å². The standard InChI is InChI=1S/C29H25FN8/c30-22-7-3-2-6-20(22)21-15-32-16-25-26(21)35-29(34-25)28-27-24(36-37-28)9-8-23(33-27)19-12-18(13-31-14-19)17-38-10-4-1-5-11-38/h2-3,6-9,12-16H,1,4-5,10-11,17H2,(H,34,35)(H,36,37). The van der Waals surface area contributed by atoms with E-state index in [1.54, 1.807) is 30.6 Å². The van der Waals surface area contributed by atoms with E-state index in [4.69, 9.17) is 9.97 Å². The molecule has 0 atom stereocenters. The first-order valence-electron chi connectivity index (χ1n) is 12.8. The Morgan fingerprint density at radius 3 is 2.58 bits per heavy atom. The minimum absolute atomic E-state index is 0.320. The summed E-state index contributed by atoms with van der Waals surface area (Å²) in [6, 6.07) is 12.7. The number of likely N-dealkylation sites (tertiary alicyclic amines) is 1. The molecule has 0 aliphatic carbocycles. The number of hydrogen-bond acceptors (Lipinski definition) is 6. The van der Waals surface area contributed by atoms with Crippen molar-refractivity contribution in [3.63, 3.8) is 0 Å². The van der Waals surface area contributed by atoms with Gasteiger partial charge < -0.3 is 4.98 Å². The summed E-state index contributed by atoms with van der Waals surface area (Å²) in [4.78, 5) is 24.3. The topological polar surface area (TPSA) is 99.3 Å². The number of benzene rings is 1. The summed E-state index contributed by atoms with van der Waals surface area (Å²) in [7, 11) is 0. The average Bonchev–Trinajstić information content (AvgIpc) is 3.58. The fourth-order valence-corrected chi connectivity index (χ4v) is 5.24. The number of nitrogens with zero attached hydrogens (tertiary/aromatic N) is 6. The van der Waals surface area contributed by atoms with Crippen molar-refractivity contribution in [1.82, 2.24) is 40.0 Å². The van der Waals surface area contributed by atoms with Crippen LogP contribution in [0.25, 0.3) is 56.0 Å². The average molecular weight is 505 g/mol. The Bertz CT molecular complexity index is 1770. The van der Waals surface area contributed by atoms with Crippen LogP contribution in [0.1, 0.15) is 24.8 Å². The van der Waals surface area contributed by atoms with Crippen LogP contribution >= 0.6 is 0 Å². The van der Waals surface area contributed by atoms with Gasteiger partial charge in [-0.25, -0.2) is 14.4 Å². The number of imidazole rings is 1. The van der Waals surface area contributed by atoms with Gasteiger partial charge >= 0.3 is 0 Å². The molecule has 8 nitrogen and oxygen atoms in total. The highest BCUT2D eigenvalue weighted by Gasteiger charge is 2.18. The van der Waals surface area contributed by atoms with Gasteiger partial charge in [-0.15, -0.1) is 0 Å². The number of pyridine rings is 3. The molecule has 0 radical (unpaired) electrons. The molecule has 0 bridgehead atoms. The quantitative estimate of drug-likeness (QED) is 0.310. The predicted octanol–water partition coefficient (Wildman–Crippen LogP) is 5.75. The lowest BCUT2D eigenvalue weighted by Crippen LogP contribution is -2.29. The van der Waals surface area contributed by atoms with Gasteiger partial charge in [0.1, 0.15) is 16.9 Å². The molecule has 2 N–H and O–H groups in total. The van der Waals surface area contributed by atoms with Crippen molar-refractivity contribution in [3.05, 3.63) is 78.6 Å². The largest absolute Gasteiger partial charge is 0.335 e. The summed E-state index contributed by atoms with van der Waals surface area (Å²) >= 11 is 0. The summed E-state index contributed by atoms with van der Waals surface area (Å²) in [5.41, 5.74) is 7.45. The van der Waals surface area contributed by atoms with Gasteiger partial charge in [0, 0.05) is 41.8 Å². The summed E-state index contributed by atoms with van der Waals surface area (Å²) in [5.74, 6) is 0.220. The number of piperidine rings is 1. The third-order valence-corrected chi connectivity index (χ3v) is 7.14. The van der Waals surface area contributed by atoms with E-state index < -0.39 is 0 Å². The number of rotatable bonds is 5. The van der Waals surface area contributed by atoms with Crippen LogP contribution in [0.3, 0.4) is 0 Å². The van der Waals surface area contributed by atoms with E-state index in [1.807, 2.05) is 24.5 Å². The van der Waals surface area contributed by atoms with E-state index in [9.17, 15) is 4.39 Å². The van der Waals surface area contributed by atoms with Crippen LogP contribution in [0.5, 0.6) is 0 Å². The fourth-order valence-electron chi connectivity index (χ4n) is 5.24. The minimum atomic E-state index is -0.320. The molecule has 6 heterocycles. The van der Waals surface area contributed by atoms with E-state index in [2.05, 4.69) is 36.1 Å². The Morgan fingerprint density at radius 1 is 0.816 bits per heavy atom. The number of nitrogens with one attached hydrogen (secondary N) is 2. The maximum absolute atomic E-state index is 14.6. The van der Waals surface area contributed by atoms with Gasteiger partial charge in [0.25, 0.3) is 0 Å². The van der Waals surface area contributed by atoms with Crippen LogP contribution in [0.2, 0.25) is 0 Å². The second-order valence-corrected chi connectivity index (χ2v) is 9.73. The third kappa shape index (κ3) is 4.10. The van der Waals surface area contributed by atoms with E-state index in [0.717, 1.165) is 36.4 Å². The summed E-state index contributed by atoms with van der Waals surface area (Å²) in [5, 5.41) is 7.57. The Kier molecular flexibility index (Phi) is 5.62. The molecule has 7 rings (SSSR count). The maximum Gasteiger partial charge on any atom is 0.161 e. The van der Waals surface area contributed by atoms with Crippen LogP contribution in [0, 0.1) is 5.82 Å². The van der Waals surface area contributed by atoms with Crippen molar-refractivity contribution >= 4 is 22.1 Å². The Morgan fingerprint density at radius 2 is 1.68 bits per heavy atom. The maximum atomic E-state index is 14.6. The van der Waals surface area contributed by atoms with Gasteiger partial charge in [0.2, 0.25) is 0 Å². The molecule has 9 heteroatoms. The van der Waals surface area contributed by atoms with E-state index >= 15 is 0 Å². The number of H-pyrrole nitrogens is 2. The zero-order valence-corrected chi connectivity index (χ0v) is 20.7. The molecular weight excluding hydrogens is 479 g/mol. The number of halogens is 1. The van der Waals surface area contributed by atoms with Crippen molar-refractivity contribution in [2.45, 2.75) is 25.8 Å². The SMILES string of the molecule is Fc1ccccc1-c1cncc2[nH]c(-c3n[nH]c4ccc(-c5cncc(CN6CCCCC6)c5)nc34)nc12. The summed E-state index contributed by atoms with van der Waals surface area (Å²) in [6.07, 6.45) is 10.9. The number of hydrogen-bond donors (Lipinski definition) is 2. The molecule has 1 aromatic carbocycles. The molecule has 0 amide bonds. The van der Waals surface area contributed by atoms with Crippen LogP contribution in [-0.2, 0) is 6.54 Å². The zero-order valence-electron chi connectivity index (χ0n) is 20.7. The summed E-state index contributed by atoms with van der Waals surface area (Å²) < 4.78 is 14.6. The van der Waals surface area contributed by atoms with Gasteiger partial charge in [-0.1, -0.05) is 24.6 Å². The van der Waals surface area contributed by atoms with E-state index in [1.165, 1.54) is 30.9 Å². The molecule has 6 aromatic rings. The summed E-state index contributed by atoms with van der Waals surface area (Å²) in [6.45, 7) is 3.17. The molecule has 0 unspecified atom stereocenters. The molecular formula is C29H25FN8. The van der Waals surface area contributed by atoms with E-state index in [0.29, 0.717) is 39.2 Å². The fraction of sp³-hybridized carbons (Fsp3) is 0.207. The molecule has 188 valence electrons. The van der Waals surface area contributed by atoms with E-state index in [-0.39, 0.29) is 5.82 Å². The lowest BCUT2D eigenvalue weighted by molar-refractivity contribution is 0.220. The third-order valence-electron chi connectivity index (χ3n) is 7.14. The number of fused-ring (bicyclic) bond motifs is 2. The van der Waals surface area contributed by atoms with Crippen molar-refractivity contribution in [1.29, 1.82) is 0 Å². The molecule has 0 spiro atoms. The minimum Gasteiger partial charge on any atom is -0.335 e. The van der Waals surface area contributed by atoms with Crippen LogP contribution in [0.4, 0.5) is 4.39 Å². The molecule has 1 aliphatic rings. The van der Waals surface area contributed by atoms with Crippen molar-refractivity contribution in [3.8, 4) is 33.9 Å². The first-order chi connectivity index (χ1) is 18.7. The van der Waals surface area contributed by atoms with Crippen molar-refractivity contribution in [2.75, 3.05) is 13.1 Å². The first kappa shape index (κ1) is 22.7. The molecule has 1 fully saturated rings. The highest BCUT2D eigenvalue weighted by atomic mass is 19.1. The van der Waals surface area contributed by atoms with Gasteiger partial charge in [-0.3, -0.25) is 20.0 Å². The highest BCUT2D eigenvalue weighted by Crippen LogP contribution is 2.32. The Labute approximate surface area is 218 Å². The number of aromatic amines is 2. The van der Waals surface area contributed by atoms with Gasteiger partial charge in [0.15, 0.2) is 11.5 Å². The zero-order chi connectivity index (χ0) is 25.5. The molecule has 38 heavy (non-hydrogen) atoms. The molecule has 1 aliphatic heterocycles. The van der Waals surface area contributed by atoms with Crippen molar-refractivity contribution in [2.24, 2.45) is 0 Å². The second kappa shape index (κ2) is 9.42. The molecule has 5 aromatic heterocycles. The number of aromatic nitrogens is 7. The molecule has 1 saturated heterocycles. The normalized spacial score (nSPS) is 14.4.